The zero-order valence-electron chi connectivity index (χ0n) is 5.27. The summed E-state index contributed by atoms with van der Waals surface area (Å²) < 4.78 is 21.1. The van der Waals surface area contributed by atoms with Gasteiger partial charge in [0.15, 0.2) is 5.03 Å². The lowest BCUT2D eigenvalue weighted by Crippen LogP contribution is -1.92. The van der Waals surface area contributed by atoms with Crippen LogP contribution in [-0.4, -0.2) is 13.4 Å². The summed E-state index contributed by atoms with van der Waals surface area (Å²) in [6, 6.07) is 4.51. The Morgan fingerprint density at radius 3 is 2.27 bits per heavy atom. The van der Waals surface area contributed by atoms with Crippen LogP contribution in [0.25, 0.3) is 0 Å². The minimum atomic E-state index is -3.64. The molecule has 0 saturated carbocycles. The van der Waals surface area contributed by atoms with Gasteiger partial charge in [-0.3, -0.25) is 0 Å². The van der Waals surface area contributed by atoms with Gasteiger partial charge in [-0.2, -0.15) is 0 Å². The molecule has 0 bridgehead atoms. The van der Waals surface area contributed by atoms with E-state index in [4.69, 9.17) is 10.7 Å². The van der Waals surface area contributed by atoms with Crippen molar-refractivity contribution in [1.82, 2.24) is 4.98 Å². The van der Waals surface area contributed by atoms with Gasteiger partial charge < -0.3 is 0 Å². The molecule has 1 aromatic heterocycles. The van der Waals surface area contributed by atoms with Crippen LogP contribution in [-0.2, 0) is 9.05 Å². The molecule has 6 heteroatoms. The monoisotopic (exact) mass is 213 g/mol. The summed E-state index contributed by atoms with van der Waals surface area (Å²) >= 11 is 0. The lowest BCUT2D eigenvalue weighted by atomic mass is 10.5. The molecule has 0 fully saturated rings. The van der Waals surface area contributed by atoms with E-state index in [0.717, 1.165) is 0 Å². The fraction of sp³-hybridized carbons (Fsp3) is 0. The highest BCUT2D eigenvalue weighted by molar-refractivity contribution is 8.13. The molecule has 0 amide bonds. The predicted octanol–water partition coefficient (Wildman–Crippen LogP) is 1.43. The van der Waals surface area contributed by atoms with E-state index in [1.54, 1.807) is 12.1 Å². The second kappa shape index (κ2) is 3.90. The van der Waals surface area contributed by atoms with Crippen LogP contribution in [0.3, 0.4) is 0 Å². The van der Waals surface area contributed by atoms with Gasteiger partial charge in [-0.05, 0) is 12.1 Å². The zero-order valence-corrected chi connectivity index (χ0v) is 7.66. The molecule has 0 aliphatic carbocycles. The quantitative estimate of drug-likeness (QED) is 0.664. The maximum atomic E-state index is 10.5. The Morgan fingerprint density at radius 1 is 1.36 bits per heavy atom. The standard InChI is InChI=1S/C5H4ClNO2S.ClH/c6-10(8,9)5-3-1-2-4-7-5;/h1-4H;1H. The summed E-state index contributed by atoms with van der Waals surface area (Å²) in [6.07, 6.45) is 1.37. The van der Waals surface area contributed by atoms with Gasteiger partial charge in [-0.15, -0.1) is 12.4 Å². The molecule has 1 aromatic rings. The Kier molecular flexibility index (Phi) is 3.78. The first-order valence-electron chi connectivity index (χ1n) is 2.46. The molecule has 62 valence electrons. The van der Waals surface area contributed by atoms with Gasteiger partial charge in [0.05, 0.1) is 0 Å². The van der Waals surface area contributed by atoms with Crippen molar-refractivity contribution in [2.75, 3.05) is 0 Å². The first kappa shape index (κ1) is 10.7. The van der Waals surface area contributed by atoms with Gasteiger partial charge in [-0.25, -0.2) is 13.4 Å². The van der Waals surface area contributed by atoms with Crippen molar-refractivity contribution in [1.29, 1.82) is 0 Å². The normalized spacial score (nSPS) is 10.3. The SMILES string of the molecule is Cl.O=S(=O)(Cl)c1ccccn1. The van der Waals surface area contributed by atoms with Crippen LogP contribution >= 0.6 is 23.1 Å². The number of hydrogen-bond donors (Lipinski definition) is 0. The number of hydrogen-bond acceptors (Lipinski definition) is 3. The lowest BCUT2D eigenvalue weighted by molar-refractivity contribution is 0.606. The van der Waals surface area contributed by atoms with Crippen LogP contribution in [0.2, 0.25) is 0 Å². The molecule has 0 saturated heterocycles. The third-order valence-corrected chi connectivity index (χ3v) is 2.10. The van der Waals surface area contributed by atoms with Crippen molar-refractivity contribution >= 4 is 32.1 Å². The molecule has 3 nitrogen and oxygen atoms in total. The fourth-order valence-electron chi connectivity index (χ4n) is 0.491. The van der Waals surface area contributed by atoms with E-state index in [9.17, 15) is 8.42 Å². The largest absolute Gasteiger partial charge is 0.278 e. The molecule has 1 heterocycles. The van der Waals surface area contributed by atoms with Gasteiger partial charge in [0, 0.05) is 16.9 Å². The first-order chi connectivity index (χ1) is 4.61. The third kappa shape index (κ3) is 3.05. The maximum Gasteiger partial charge on any atom is 0.278 e. The highest BCUT2D eigenvalue weighted by Crippen LogP contribution is 2.09. The highest BCUT2D eigenvalue weighted by Gasteiger charge is 2.08. The van der Waals surface area contributed by atoms with Crippen LogP contribution in [0, 0.1) is 0 Å². The summed E-state index contributed by atoms with van der Waals surface area (Å²) in [5.41, 5.74) is 0. The molecular formula is C5H5Cl2NO2S. The molecule has 0 unspecified atom stereocenters. The molecule has 0 aliphatic rings. The Hall–Kier alpha value is -0.320. The van der Waals surface area contributed by atoms with Crippen LogP contribution in [0.4, 0.5) is 0 Å². The topological polar surface area (TPSA) is 47.0 Å². The van der Waals surface area contributed by atoms with E-state index in [0.29, 0.717) is 0 Å². The van der Waals surface area contributed by atoms with Crippen molar-refractivity contribution in [3.05, 3.63) is 24.4 Å². The molecule has 11 heavy (non-hydrogen) atoms. The number of halogens is 2. The number of nitrogens with zero attached hydrogens (tertiary/aromatic N) is 1. The Labute approximate surface area is 75.2 Å². The van der Waals surface area contributed by atoms with Gasteiger partial charge in [0.25, 0.3) is 9.05 Å². The minimum absolute atomic E-state index is 0. The molecular weight excluding hydrogens is 209 g/mol. The van der Waals surface area contributed by atoms with Gasteiger partial charge in [0.2, 0.25) is 0 Å². The van der Waals surface area contributed by atoms with Crippen LogP contribution in [0.5, 0.6) is 0 Å². The summed E-state index contributed by atoms with van der Waals surface area (Å²) in [5.74, 6) is 0. The predicted molar refractivity (Wildman–Crippen MR) is 44.5 cm³/mol. The first-order valence-corrected chi connectivity index (χ1v) is 4.77. The van der Waals surface area contributed by atoms with Gasteiger partial charge in [-0.1, -0.05) is 6.07 Å². The smallest absolute Gasteiger partial charge is 0.244 e. The van der Waals surface area contributed by atoms with Crippen LogP contribution in [0.15, 0.2) is 29.4 Å². The van der Waals surface area contributed by atoms with E-state index in [1.807, 2.05) is 0 Å². The second-order valence-corrected chi connectivity index (χ2v) is 4.12. The van der Waals surface area contributed by atoms with E-state index < -0.39 is 9.05 Å². The van der Waals surface area contributed by atoms with Crippen molar-refractivity contribution in [2.24, 2.45) is 0 Å². The fourth-order valence-corrected chi connectivity index (χ4v) is 1.19. The number of rotatable bonds is 1. The molecule has 0 N–H and O–H groups in total. The summed E-state index contributed by atoms with van der Waals surface area (Å²) in [4.78, 5) is 3.53. The Balaban J connectivity index is 0.000001000. The Morgan fingerprint density at radius 2 is 2.00 bits per heavy atom. The van der Waals surface area contributed by atoms with Crippen molar-refractivity contribution in [3.8, 4) is 0 Å². The summed E-state index contributed by atoms with van der Waals surface area (Å²) in [7, 11) is 1.33. The van der Waals surface area contributed by atoms with E-state index in [2.05, 4.69) is 4.98 Å². The highest BCUT2D eigenvalue weighted by atomic mass is 35.7. The molecule has 0 aliphatic heterocycles. The number of aromatic nitrogens is 1. The molecule has 0 atom stereocenters. The van der Waals surface area contributed by atoms with E-state index in [1.165, 1.54) is 12.3 Å². The zero-order chi connectivity index (χ0) is 7.61. The van der Waals surface area contributed by atoms with Crippen molar-refractivity contribution in [3.63, 3.8) is 0 Å². The van der Waals surface area contributed by atoms with E-state index in [-0.39, 0.29) is 17.4 Å². The van der Waals surface area contributed by atoms with Gasteiger partial charge >= 0.3 is 0 Å². The van der Waals surface area contributed by atoms with Crippen LogP contribution < -0.4 is 0 Å². The molecule has 0 spiro atoms. The van der Waals surface area contributed by atoms with Gasteiger partial charge in [0.1, 0.15) is 0 Å². The molecule has 0 radical (unpaired) electrons. The Bertz CT molecular complexity index is 311. The lowest BCUT2D eigenvalue weighted by Gasteiger charge is -1.90. The maximum absolute atomic E-state index is 10.5. The minimum Gasteiger partial charge on any atom is -0.244 e. The van der Waals surface area contributed by atoms with Crippen molar-refractivity contribution < 1.29 is 8.42 Å². The molecule has 0 aromatic carbocycles. The van der Waals surface area contributed by atoms with Crippen molar-refractivity contribution in [2.45, 2.75) is 5.03 Å². The summed E-state index contributed by atoms with van der Waals surface area (Å²) in [6.45, 7) is 0. The second-order valence-electron chi connectivity index (χ2n) is 1.61. The number of pyridine rings is 1. The average molecular weight is 214 g/mol. The average Bonchev–Trinajstić information content (AvgIpc) is 1.88. The third-order valence-electron chi connectivity index (χ3n) is 0.888. The molecule has 1 rings (SSSR count). The van der Waals surface area contributed by atoms with E-state index >= 15 is 0 Å². The summed E-state index contributed by atoms with van der Waals surface area (Å²) in [5, 5.41) is -0.114. The van der Waals surface area contributed by atoms with Crippen LogP contribution in [0.1, 0.15) is 0 Å².